The molecular weight excluding hydrogens is 292 g/mol. The molecule has 0 aliphatic carbocycles. The highest BCUT2D eigenvalue weighted by atomic mass is 16.7. The second-order valence-corrected chi connectivity index (χ2v) is 5.40. The number of nitrogens with zero attached hydrogens (tertiary/aromatic N) is 2. The van der Waals surface area contributed by atoms with Gasteiger partial charge in [0.05, 0.1) is 12.8 Å². The van der Waals surface area contributed by atoms with Gasteiger partial charge in [0.15, 0.2) is 0 Å². The van der Waals surface area contributed by atoms with Crippen molar-refractivity contribution in [3.05, 3.63) is 6.20 Å². The molecule has 1 rings (SSSR count). The van der Waals surface area contributed by atoms with Gasteiger partial charge in [0.25, 0.3) is 0 Å². The Morgan fingerprint density at radius 1 is 1.41 bits per heavy atom. The first-order chi connectivity index (χ1) is 10.2. The molecule has 0 unspecified atom stereocenters. The molecule has 0 radical (unpaired) electrons. The normalized spacial score (nSPS) is 10.9. The molecule has 1 heterocycles. The van der Waals surface area contributed by atoms with E-state index in [4.69, 9.17) is 15.3 Å². The van der Waals surface area contributed by atoms with Crippen LogP contribution in [0.15, 0.2) is 6.20 Å². The topological polar surface area (TPSA) is 133 Å². The maximum atomic E-state index is 11.5. The van der Waals surface area contributed by atoms with Gasteiger partial charge in [0.1, 0.15) is 17.1 Å². The van der Waals surface area contributed by atoms with E-state index in [0.29, 0.717) is 11.5 Å². The number of nitrogen functional groups attached to an aromatic ring is 1. The lowest BCUT2D eigenvalue weighted by Crippen LogP contribution is -2.36. The van der Waals surface area contributed by atoms with Crippen molar-refractivity contribution in [1.29, 1.82) is 0 Å². The fourth-order valence-corrected chi connectivity index (χ4v) is 1.33. The fraction of sp³-hybridized carbons (Fsp3) is 0.583. The summed E-state index contributed by atoms with van der Waals surface area (Å²) in [5.41, 5.74) is 7.63. The molecule has 0 aromatic carbocycles. The molecule has 0 saturated carbocycles. The van der Waals surface area contributed by atoms with Gasteiger partial charge in [0.2, 0.25) is 0 Å². The zero-order valence-electron chi connectivity index (χ0n) is 13.1. The summed E-state index contributed by atoms with van der Waals surface area (Å²) in [5, 5.41) is 8.82. The number of ether oxygens (including phenoxy) is 1. The third-order valence-corrected chi connectivity index (χ3v) is 2.27. The first kappa shape index (κ1) is 17.6. The Bertz CT molecular complexity index is 522. The largest absolute Gasteiger partial charge is 0.444 e. The number of rotatable bonds is 5. The van der Waals surface area contributed by atoms with Crippen LogP contribution in [0.25, 0.3) is 0 Å². The number of amides is 3. The molecule has 0 atom stereocenters. The van der Waals surface area contributed by atoms with Crippen LogP contribution < -0.4 is 21.8 Å². The molecule has 0 saturated heterocycles. The molecular formula is C12H22N6O4. The van der Waals surface area contributed by atoms with Crippen molar-refractivity contribution in [3.8, 4) is 0 Å². The smallest absolute Gasteiger partial charge is 0.407 e. The summed E-state index contributed by atoms with van der Waals surface area (Å²) in [5.74, 6) is 0.321. The minimum absolute atomic E-state index is 0.0786. The summed E-state index contributed by atoms with van der Waals surface area (Å²) in [6.07, 6.45) is 0.864. The van der Waals surface area contributed by atoms with Crippen LogP contribution in [-0.4, -0.2) is 40.7 Å². The second-order valence-electron chi connectivity index (χ2n) is 5.40. The van der Waals surface area contributed by atoms with Crippen molar-refractivity contribution in [2.45, 2.75) is 26.4 Å². The van der Waals surface area contributed by atoms with Gasteiger partial charge in [-0.25, -0.2) is 15.1 Å². The van der Waals surface area contributed by atoms with Gasteiger partial charge in [-0.1, -0.05) is 0 Å². The molecule has 10 heteroatoms. The van der Waals surface area contributed by atoms with Gasteiger partial charge >= 0.3 is 12.1 Å². The van der Waals surface area contributed by atoms with Crippen LogP contribution in [0.3, 0.4) is 0 Å². The highest BCUT2D eigenvalue weighted by molar-refractivity contribution is 5.91. The molecule has 10 nitrogen and oxygen atoms in total. The number of urea groups is 1. The third-order valence-electron chi connectivity index (χ3n) is 2.27. The number of anilines is 2. The van der Waals surface area contributed by atoms with Crippen LogP contribution in [-0.2, 0) is 16.6 Å². The molecule has 0 fully saturated rings. The number of nitrogens with two attached hydrogens (primary N) is 1. The number of aryl methyl sites for hydroxylation is 1. The van der Waals surface area contributed by atoms with Crippen LogP contribution in [0.4, 0.5) is 21.1 Å². The third kappa shape index (κ3) is 6.31. The van der Waals surface area contributed by atoms with Gasteiger partial charge in [-0.2, -0.15) is 5.10 Å². The number of alkyl carbamates (subject to hydrolysis) is 1. The Kier molecular flexibility index (Phi) is 5.99. The number of nitrogens with one attached hydrogen (secondary N) is 3. The summed E-state index contributed by atoms with van der Waals surface area (Å²) in [4.78, 5) is 27.7. The molecule has 0 aliphatic rings. The first-order valence-electron chi connectivity index (χ1n) is 6.62. The zero-order valence-corrected chi connectivity index (χ0v) is 13.1. The Balaban J connectivity index is 2.16. The minimum Gasteiger partial charge on any atom is -0.444 e. The Morgan fingerprint density at radius 2 is 2.09 bits per heavy atom. The number of hydrogen-bond donors (Lipinski definition) is 4. The van der Waals surface area contributed by atoms with Gasteiger partial charge in [-0.15, -0.1) is 0 Å². The maximum absolute atomic E-state index is 11.5. The van der Waals surface area contributed by atoms with E-state index in [9.17, 15) is 9.59 Å². The van der Waals surface area contributed by atoms with E-state index < -0.39 is 17.7 Å². The monoisotopic (exact) mass is 314 g/mol. The predicted octanol–water partition coefficient (Wildman–Crippen LogP) is 0.580. The average Bonchev–Trinajstić information content (AvgIpc) is 2.68. The molecule has 1 aromatic heterocycles. The molecule has 124 valence electrons. The molecule has 22 heavy (non-hydrogen) atoms. The van der Waals surface area contributed by atoms with Gasteiger partial charge in [0, 0.05) is 13.6 Å². The van der Waals surface area contributed by atoms with E-state index in [2.05, 4.69) is 21.2 Å². The number of carbonyl (C=O) groups is 2. The van der Waals surface area contributed by atoms with Crippen molar-refractivity contribution in [2.75, 3.05) is 24.2 Å². The van der Waals surface area contributed by atoms with Crippen LogP contribution in [0.1, 0.15) is 20.8 Å². The van der Waals surface area contributed by atoms with Gasteiger partial charge < -0.3 is 21.1 Å². The van der Waals surface area contributed by atoms with E-state index in [0.717, 1.165) is 0 Å². The lowest BCUT2D eigenvalue weighted by atomic mass is 10.2. The van der Waals surface area contributed by atoms with Crippen molar-refractivity contribution in [3.63, 3.8) is 0 Å². The lowest BCUT2D eigenvalue weighted by Gasteiger charge is -2.19. The molecule has 0 spiro atoms. The number of aromatic nitrogens is 2. The van der Waals surface area contributed by atoms with E-state index in [-0.39, 0.29) is 13.2 Å². The van der Waals surface area contributed by atoms with Crippen LogP contribution in [0.5, 0.6) is 0 Å². The first-order valence-corrected chi connectivity index (χ1v) is 6.62. The van der Waals surface area contributed by atoms with Crippen LogP contribution in [0, 0.1) is 0 Å². The highest BCUT2D eigenvalue weighted by Crippen LogP contribution is 2.15. The summed E-state index contributed by atoms with van der Waals surface area (Å²) >= 11 is 0. The van der Waals surface area contributed by atoms with E-state index in [1.54, 1.807) is 27.8 Å². The van der Waals surface area contributed by atoms with Crippen LogP contribution in [0.2, 0.25) is 0 Å². The second kappa shape index (κ2) is 7.50. The minimum atomic E-state index is -0.600. The summed E-state index contributed by atoms with van der Waals surface area (Å²) in [6.45, 7) is 5.55. The number of hydroxylamine groups is 1. The summed E-state index contributed by atoms with van der Waals surface area (Å²) in [6, 6.07) is -0.600. The standard InChI is InChI=1S/C12H22N6O4/c1-12(2,3)22-11(20)14-5-6-21-17-10(19)16-8-7-15-18(4)9(8)13/h7H,5-6,13H2,1-4H3,(H,14,20)(H2,16,17,19). The maximum Gasteiger partial charge on any atom is 0.407 e. The molecule has 1 aromatic rings. The number of carbonyl (C=O) groups excluding carboxylic acids is 2. The summed E-state index contributed by atoms with van der Waals surface area (Å²) < 4.78 is 6.45. The van der Waals surface area contributed by atoms with E-state index in [1.165, 1.54) is 10.9 Å². The molecule has 5 N–H and O–H groups in total. The molecule has 0 aliphatic heterocycles. The number of hydrogen-bond acceptors (Lipinski definition) is 6. The highest BCUT2D eigenvalue weighted by Gasteiger charge is 2.15. The average molecular weight is 314 g/mol. The van der Waals surface area contributed by atoms with Gasteiger partial charge in [-0.3, -0.25) is 9.52 Å². The van der Waals surface area contributed by atoms with Crippen molar-refractivity contribution in [2.24, 2.45) is 7.05 Å². The SMILES string of the molecule is Cn1ncc(NC(=O)NOCCNC(=O)OC(C)(C)C)c1N. The Hall–Kier alpha value is -2.49. The lowest BCUT2D eigenvalue weighted by molar-refractivity contribution is 0.0440. The van der Waals surface area contributed by atoms with Gasteiger partial charge in [-0.05, 0) is 20.8 Å². The van der Waals surface area contributed by atoms with E-state index >= 15 is 0 Å². The Morgan fingerprint density at radius 3 is 2.64 bits per heavy atom. The molecule has 3 amide bonds. The quantitative estimate of drug-likeness (QED) is 0.464. The van der Waals surface area contributed by atoms with Crippen molar-refractivity contribution < 1.29 is 19.2 Å². The van der Waals surface area contributed by atoms with Crippen LogP contribution >= 0.6 is 0 Å². The van der Waals surface area contributed by atoms with Crippen molar-refractivity contribution >= 4 is 23.6 Å². The van der Waals surface area contributed by atoms with E-state index in [1.807, 2.05) is 0 Å². The predicted molar refractivity (Wildman–Crippen MR) is 80.0 cm³/mol. The fourth-order valence-electron chi connectivity index (χ4n) is 1.33. The van der Waals surface area contributed by atoms with Crippen molar-refractivity contribution in [1.82, 2.24) is 20.6 Å². The molecule has 0 bridgehead atoms. The summed E-state index contributed by atoms with van der Waals surface area (Å²) in [7, 11) is 1.65. The zero-order chi connectivity index (χ0) is 16.8. The Labute approximate surface area is 128 Å².